The number of halogens is 1. The van der Waals surface area contributed by atoms with Gasteiger partial charge in [0.05, 0.1) is 16.9 Å². The maximum Gasteiger partial charge on any atom is 0.250 e. The lowest BCUT2D eigenvalue weighted by Crippen LogP contribution is -2.35. The van der Waals surface area contributed by atoms with Crippen molar-refractivity contribution in [3.05, 3.63) is 57.6 Å². The van der Waals surface area contributed by atoms with Crippen LogP contribution >= 0.6 is 11.6 Å². The molecule has 3 rings (SSSR count). The molecule has 2 heterocycles. The number of fused-ring (bicyclic) bond motifs is 1. The Morgan fingerprint density at radius 3 is 2.79 bits per heavy atom. The van der Waals surface area contributed by atoms with Crippen LogP contribution in [0.15, 0.2) is 41.3 Å². The first-order valence-corrected chi connectivity index (χ1v) is 8.78. The van der Waals surface area contributed by atoms with Gasteiger partial charge in [-0.05, 0) is 19.1 Å². The highest BCUT2D eigenvalue weighted by Crippen LogP contribution is 2.30. The summed E-state index contributed by atoms with van der Waals surface area (Å²) >= 11 is 5.99. The molecule has 0 unspecified atom stereocenters. The molecule has 9 heteroatoms. The van der Waals surface area contributed by atoms with Gasteiger partial charge in [0.25, 0.3) is 5.56 Å². The maximum atomic E-state index is 12.2. The fourth-order valence-electron chi connectivity index (χ4n) is 2.81. The molecule has 0 fully saturated rings. The zero-order chi connectivity index (χ0) is 20.3. The van der Waals surface area contributed by atoms with Gasteiger partial charge in [0.15, 0.2) is 0 Å². The van der Waals surface area contributed by atoms with Crippen LogP contribution in [0.4, 0.5) is 17.1 Å². The minimum absolute atomic E-state index is 0.0861. The van der Waals surface area contributed by atoms with E-state index in [0.29, 0.717) is 28.0 Å². The van der Waals surface area contributed by atoms with Crippen molar-refractivity contribution in [1.82, 2.24) is 15.3 Å². The Hall–Kier alpha value is -3.57. The summed E-state index contributed by atoms with van der Waals surface area (Å²) in [5, 5.41) is 18.9. The summed E-state index contributed by atoms with van der Waals surface area (Å²) in [6.45, 7) is 1.70. The molecule has 28 heavy (non-hydrogen) atoms. The average Bonchev–Trinajstić information content (AvgIpc) is 2.68. The van der Waals surface area contributed by atoms with Gasteiger partial charge < -0.3 is 20.9 Å². The Morgan fingerprint density at radius 2 is 2.07 bits per heavy atom. The van der Waals surface area contributed by atoms with Gasteiger partial charge in [0.2, 0.25) is 5.91 Å². The minimum Gasteiger partial charge on any atom is -0.373 e. The summed E-state index contributed by atoms with van der Waals surface area (Å²) in [6, 6.07) is 9.89. The fourth-order valence-corrected chi connectivity index (χ4v) is 3.01. The molecule has 3 aromatic rings. The Labute approximate surface area is 165 Å². The van der Waals surface area contributed by atoms with Gasteiger partial charge in [-0.1, -0.05) is 23.7 Å². The lowest BCUT2D eigenvalue weighted by molar-refractivity contribution is -0.121. The predicted molar refractivity (Wildman–Crippen MR) is 109 cm³/mol. The first-order chi connectivity index (χ1) is 13.4. The van der Waals surface area contributed by atoms with Crippen LogP contribution in [-0.4, -0.2) is 29.0 Å². The van der Waals surface area contributed by atoms with Crippen LogP contribution in [0.1, 0.15) is 12.5 Å². The number of carbonyl (C=O) groups is 1. The standard InChI is InChI=1S/C19H17ClN6O2/c1-10(19(28)22-2)24-15-8-16(27)26-17-11(15)4-3-5-14(17)25-13-6-7-23-18(20)12(13)9-21/h3-8,10H,1-2H3,(H,22,28)(H,23,25)(H2,24,26,27)/t10-/m1/s1. The molecule has 2 aromatic heterocycles. The van der Waals surface area contributed by atoms with Crippen molar-refractivity contribution in [2.24, 2.45) is 0 Å². The topological polar surface area (TPSA) is 123 Å². The second kappa shape index (κ2) is 7.98. The van der Waals surface area contributed by atoms with Crippen molar-refractivity contribution in [3.8, 4) is 6.07 Å². The van der Waals surface area contributed by atoms with E-state index < -0.39 is 6.04 Å². The molecule has 0 saturated heterocycles. The number of aromatic nitrogens is 2. The van der Waals surface area contributed by atoms with Gasteiger partial charge in [-0.25, -0.2) is 4.98 Å². The van der Waals surface area contributed by atoms with Crippen molar-refractivity contribution < 1.29 is 4.79 Å². The summed E-state index contributed by atoms with van der Waals surface area (Å²) in [5.74, 6) is -0.201. The van der Waals surface area contributed by atoms with E-state index in [9.17, 15) is 14.9 Å². The molecule has 8 nitrogen and oxygen atoms in total. The number of pyridine rings is 2. The van der Waals surface area contributed by atoms with Crippen LogP contribution in [0.2, 0.25) is 5.15 Å². The molecule has 1 amide bonds. The smallest absolute Gasteiger partial charge is 0.250 e. The Bertz CT molecular complexity index is 1150. The quantitative estimate of drug-likeness (QED) is 0.492. The number of likely N-dealkylation sites (N-methyl/N-ethyl adjacent to an activating group) is 1. The fraction of sp³-hybridized carbons (Fsp3) is 0.158. The van der Waals surface area contributed by atoms with Gasteiger partial charge in [-0.15, -0.1) is 0 Å². The average molecular weight is 397 g/mol. The van der Waals surface area contributed by atoms with E-state index in [0.717, 1.165) is 0 Å². The Kier molecular flexibility index (Phi) is 5.47. The molecular weight excluding hydrogens is 380 g/mol. The Balaban J connectivity index is 2.09. The summed E-state index contributed by atoms with van der Waals surface area (Å²) in [5.41, 5.74) is 1.95. The third kappa shape index (κ3) is 3.75. The number of aromatic amines is 1. The highest BCUT2D eigenvalue weighted by atomic mass is 35.5. The molecule has 0 aliphatic carbocycles. The van der Waals surface area contributed by atoms with Crippen molar-refractivity contribution in [3.63, 3.8) is 0 Å². The number of H-pyrrole nitrogens is 1. The van der Waals surface area contributed by atoms with Crippen LogP contribution in [-0.2, 0) is 4.79 Å². The molecular formula is C19H17ClN6O2. The minimum atomic E-state index is -0.532. The van der Waals surface area contributed by atoms with Gasteiger partial charge in [0.1, 0.15) is 22.8 Å². The summed E-state index contributed by atoms with van der Waals surface area (Å²) < 4.78 is 0. The van der Waals surface area contributed by atoms with E-state index in [4.69, 9.17) is 11.6 Å². The number of rotatable bonds is 5. The third-order valence-electron chi connectivity index (χ3n) is 4.18. The van der Waals surface area contributed by atoms with Gasteiger partial charge in [0, 0.05) is 30.4 Å². The SMILES string of the molecule is CNC(=O)[C@@H](C)Nc1cc(=O)[nH]c2c(Nc3ccnc(Cl)c3C#N)cccc12. The first-order valence-electron chi connectivity index (χ1n) is 8.40. The molecule has 1 aromatic carbocycles. The lowest BCUT2D eigenvalue weighted by Gasteiger charge is -2.17. The van der Waals surface area contributed by atoms with E-state index in [1.54, 1.807) is 32.2 Å². The normalized spacial score (nSPS) is 11.5. The number of para-hydroxylation sites is 1. The Morgan fingerprint density at radius 1 is 1.29 bits per heavy atom. The second-order valence-corrected chi connectivity index (χ2v) is 6.37. The van der Waals surface area contributed by atoms with Crippen LogP contribution in [0.5, 0.6) is 0 Å². The second-order valence-electron chi connectivity index (χ2n) is 6.02. The van der Waals surface area contributed by atoms with E-state index in [-0.39, 0.29) is 22.2 Å². The summed E-state index contributed by atoms with van der Waals surface area (Å²) in [7, 11) is 1.55. The number of nitrogens with zero attached hydrogens (tertiary/aromatic N) is 2. The first kappa shape index (κ1) is 19.2. The van der Waals surface area contributed by atoms with Crippen LogP contribution in [0, 0.1) is 11.3 Å². The van der Waals surface area contributed by atoms with Crippen molar-refractivity contribution in [1.29, 1.82) is 5.26 Å². The van der Waals surface area contributed by atoms with Crippen molar-refractivity contribution >= 4 is 45.5 Å². The monoisotopic (exact) mass is 396 g/mol. The molecule has 0 aliphatic rings. The number of amides is 1. The lowest BCUT2D eigenvalue weighted by atomic mass is 10.1. The largest absolute Gasteiger partial charge is 0.373 e. The molecule has 0 saturated carbocycles. The number of nitrogens with one attached hydrogen (secondary N) is 4. The van der Waals surface area contributed by atoms with E-state index in [2.05, 4.69) is 25.9 Å². The number of hydrogen-bond acceptors (Lipinski definition) is 6. The summed E-state index contributed by atoms with van der Waals surface area (Å²) in [4.78, 5) is 30.7. The summed E-state index contributed by atoms with van der Waals surface area (Å²) in [6.07, 6.45) is 1.48. The number of hydrogen-bond donors (Lipinski definition) is 4. The van der Waals surface area contributed by atoms with Gasteiger partial charge >= 0.3 is 0 Å². The molecule has 0 spiro atoms. The van der Waals surface area contributed by atoms with Crippen molar-refractivity contribution in [2.45, 2.75) is 13.0 Å². The maximum absolute atomic E-state index is 12.2. The number of nitriles is 1. The van der Waals surface area contributed by atoms with Crippen LogP contribution in [0.25, 0.3) is 10.9 Å². The van der Waals surface area contributed by atoms with Gasteiger partial charge in [-0.2, -0.15) is 5.26 Å². The predicted octanol–water partition coefficient (Wildman–Crippen LogP) is 2.74. The highest BCUT2D eigenvalue weighted by molar-refractivity contribution is 6.31. The van der Waals surface area contributed by atoms with E-state index >= 15 is 0 Å². The van der Waals surface area contributed by atoms with Crippen LogP contribution < -0.4 is 21.5 Å². The third-order valence-corrected chi connectivity index (χ3v) is 4.46. The number of benzene rings is 1. The molecule has 0 aliphatic heterocycles. The molecule has 0 bridgehead atoms. The van der Waals surface area contributed by atoms with Crippen LogP contribution in [0.3, 0.4) is 0 Å². The van der Waals surface area contributed by atoms with E-state index in [1.165, 1.54) is 12.3 Å². The van der Waals surface area contributed by atoms with Crippen molar-refractivity contribution in [2.75, 3.05) is 17.7 Å². The van der Waals surface area contributed by atoms with Gasteiger partial charge in [-0.3, -0.25) is 9.59 Å². The molecule has 142 valence electrons. The molecule has 0 radical (unpaired) electrons. The molecule has 4 N–H and O–H groups in total. The number of anilines is 3. The van der Waals surface area contributed by atoms with E-state index in [1.807, 2.05) is 12.1 Å². The highest BCUT2D eigenvalue weighted by Gasteiger charge is 2.15. The zero-order valence-corrected chi connectivity index (χ0v) is 15.9. The number of carbonyl (C=O) groups excluding carboxylic acids is 1. The molecule has 1 atom stereocenters. The zero-order valence-electron chi connectivity index (χ0n) is 15.1.